The zero-order chi connectivity index (χ0) is 20.0. The number of aliphatic carboxylic acids is 1. The van der Waals surface area contributed by atoms with Crippen molar-refractivity contribution in [1.29, 1.82) is 0 Å². The first-order chi connectivity index (χ1) is 13.4. The van der Waals surface area contributed by atoms with Gasteiger partial charge in [-0.1, -0.05) is 18.2 Å². The smallest absolute Gasteiger partial charge is 0.344 e. The molecule has 2 aromatic carbocycles. The van der Waals surface area contributed by atoms with Crippen molar-refractivity contribution in [3.05, 3.63) is 52.9 Å². The number of carbonyl (C=O) groups is 1. The quantitative estimate of drug-likeness (QED) is 0.365. The molecule has 1 aliphatic heterocycles. The van der Waals surface area contributed by atoms with Gasteiger partial charge in [0.25, 0.3) is 0 Å². The van der Waals surface area contributed by atoms with Crippen LogP contribution in [0.2, 0.25) is 0 Å². The predicted molar refractivity (Wildman–Crippen MR) is 94.9 cm³/mol. The van der Waals surface area contributed by atoms with Gasteiger partial charge >= 0.3 is 11.6 Å². The van der Waals surface area contributed by atoms with Crippen LogP contribution >= 0.6 is 0 Å². The molecule has 0 radical (unpaired) electrons. The SMILES string of the molecule is O=C(O)[C@H]1O[C@@H](Oc2ccc3c(c2)oc(=O)c2ccccc23)[C@H](O)[C@@H](O)[C@@H]1O. The maximum absolute atomic E-state index is 12.1. The normalized spacial score (nSPS) is 27.8. The average Bonchev–Trinajstić information content (AvgIpc) is 2.68. The van der Waals surface area contributed by atoms with Crippen LogP contribution in [0.25, 0.3) is 21.7 Å². The zero-order valence-electron chi connectivity index (χ0n) is 14.3. The molecule has 1 aromatic heterocycles. The van der Waals surface area contributed by atoms with Crippen LogP contribution in [0.4, 0.5) is 0 Å². The second-order valence-electron chi connectivity index (χ2n) is 6.45. The van der Waals surface area contributed by atoms with Gasteiger partial charge in [-0.15, -0.1) is 0 Å². The average molecular weight is 388 g/mol. The van der Waals surface area contributed by atoms with Crippen molar-refractivity contribution >= 4 is 27.7 Å². The van der Waals surface area contributed by atoms with Gasteiger partial charge in [0.05, 0.1) is 5.39 Å². The monoisotopic (exact) mass is 388 g/mol. The van der Waals surface area contributed by atoms with Crippen molar-refractivity contribution in [3.63, 3.8) is 0 Å². The van der Waals surface area contributed by atoms with E-state index in [9.17, 15) is 24.9 Å². The highest BCUT2D eigenvalue weighted by Crippen LogP contribution is 2.29. The molecule has 2 heterocycles. The summed E-state index contributed by atoms with van der Waals surface area (Å²) < 4.78 is 15.8. The van der Waals surface area contributed by atoms with Gasteiger partial charge in [0, 0.05) is 11.5 Å². The molecule has 9 heteroatoms. The van der Waals surface area contributed by atoms with Crippen molar-refractivity contribution < 1.29 is 39.1 Å². The number of ether oxygens (including phenoxy) is 2. The summed E-state index contributed by atoms with van der Waals surface area (Å²) in [7, 11) is 0. The van der Waals surface area contributed by atoms with Crippen molar-refractivity contribution in [2.24, 2.45) is 0 Å². The van der Waals surface area contributed by atoms with Gasteiger partial charge < -0.3 is 34.3 Å². The minimum absolute atomic E-state index is 0.114. The second kappa shape index (κ2) is 6.88. The Kier molecular flexibility index (Phi) is 4.52. The molecule has 0 saturated carbocycles. The largest absolute Gasteiger partial charge is 0.479 e. The molecule has 1 fully saturated rings. The van der Waals surface area contributed by atoms with E-state index in [2.05, 4.69) is 0 Å². The summed E-state index contributed by atoms with van der Waals surface area (Å²) in [5.41, 5.74) is -0.305. The fourth-order valence-electron chi connectivity index (χ4n) is 3.22. The molecule has 4 N–H and O–H groups in total. The van der Waals surface area contributed by atoms with Gasteiger partial charge in [0.1, 0.15) is 29.6 Å². The fourth-order valence-corrected chi connectivity index (χ4v) is 3.22. The third kappa shape index (κ3) is 3.00. The Morgan fingerprint density at radius 2 is 1.64 bits per heavy atom. The molecule has 146 valence electrons. The molecular formula is C19H16O9. The number of fused-ring (bicyclic) bond motifs is 3. The first-order valence-corrected chi connectivity index (χ1v) is 8.41. The number of carboxylic acid groups (broad SMARTS) is 1. The van der Waals surface area contributed by atoms with Gasteiger partial charge in [0.2, 0.25) is 6.29 Å². The number of carboxylic acids is 1. The molecule has 0 bridgehead atoms. The number of hydrogen-bond acceptors (Lipinski definition) is 8. The van der Waals surface area contributed by atoms with Crippen molar-refractivity contribution in [2.45, 2.75) is 30.7 Å². The Morgan fingerprint density at radius 3 is 2.36 bits per heavy atom. The lowest BCUT2D eigenvalue weighted by atomic mass is 9.99. The molecule has 0 spiro atoms. The lowest BCUT2D eigenvalue weighted by Crippen LogP contribution is -2.61. The summed E-state index contributed by atoms with van der Waals surface area (Å²) in [6.45, 7) is 0. The molecule has 0 unspecified atom stereocenters. The van der Waals surface area contributed by atoms with Crippen LogP contribution in [0.15, 0.2) is 51.7 Å². The highest BCUT2D eigenvalue weighted by molar-refractivity contribution is 6.04. The predicted octanol–water partition coefficient (Wildman–Crippen LogP) is 0.217. The van der Waals surface area contributed by atoms with Crippen LogP contribution in [0, 0.1) is 0 Å². The maximum Gasteiger partial charge on any atom is 0.344 e. The van der Waals surface area contributed by atoms with Gasteiger partial charge in [-0.2, -0.15) is 0 Å². The first kappa shape index (κ1) is 18.4. The van der Waals surface area contributed by atoms with Crippen molar-refractivity contribution in [3.8, 4) is 5.75 Å². The molecule has 5 atom stereocenters. The van der Waals surface area contributed by atoms with E-state index in [0.29, 0.717) is 16.2 Å². The molecule has 3 aromatic rings. The highest BCUT2D eigenvalue weighted by Gasteiger charge is 2.48. The van der Waals surface area contributed by atoms with Crippen LogP contribution in [-0.4, -0.2) is 57.1 Å². The number of aliphatic hydroxyl groups excluding tert-OH is 3. The first-order valence-electron chi connectivity index (χ1n) is 8.41. The molecule has 9 nitrogen and oxygen atoms in total. The fraction of sp³-hybridized carbons (Fsp3) is 0.263. The van der Waals surface area contributed by atoms with E-state index in [-0.39, 0.29) is 11.3 Å². The van der Waals surface area contributed by atoms with E-state index >= 15 is 0 Å². The summed E-state index contributed by atoms with van der Waals surface area (Å²) >= 11 is 0. The van der Waals surface area contributed by atoms with Crippen LogP contribution < -0.4 is 10.4 Å². The maximum atomic E-state index is 12.1. The number of aliphatic hydroxyl groups is 3. The van der Waals surface area contributed by atoms with Crippen LogP contribution in [0.3, 0.4) is 0 Å². The summed E-state index contributed by atoms with van der Waals surface area (Å²) in [5, 5.41) is 40.5. The number of hydrogen-bond donors (Lipinski definition) is 4. The van der Waals surface area contributed by atoms with E-state index in [1.807, 2.05) is 0 Å². The van der Waals surface area contributed by atoms with E-state index in [4.69, 9.17) is 19.0 Å². The molecular weight excluding hydrogens is 372 g/mol. The summed E-state index contributed by atoms with van der Waals surface area (Å²) in [6.07, 6.45) is -8.60. The molecule has 4 rings (SSSR count). The van der Waals surface area contributed by atoms with Crippen LogP contribution in [0.1, 0.15) is 0 Å². The second-order valence-corrected chi connectivity index (χ2v) is 6.45. The lowest BCUT2D eigenvalue weighted by Gasteiger charge is -2.38. The minimum atomic E-state index is -1.81. The van der Waals surface area contributed by atoms with Gasteiger partial charge in [0.15, 0.2) is 6.10 Å². The van der Waals surface area contributed by atoms with Gasteiger partial charge in [-0.25, -0.2) is 9.59 Å². The molecule has 1 aliphatic rings. The van der Waals surface area contributed by atoms with E-state index < -0.39 is 42.3 Å². The van der Waals surface area contributed by atoms with Crippen molar-refractivity contribution in [1.82, 2.24) is 0 Å². The topological polar surface area (TPSA) is 147 Å². The third-order valence-electron chi connectivity index (χ3n) is 4.66. The van der Waals surface area contributed by atoms with Crippen LogP contribution in [-0.2, 0) is 9.53 Å². The Hall–Kier alpha value is -2.98. The lowest BCUT2D eigenvalue weighted by molar-refractivity contribution is -0.271. The summed E-state index contributed by atoms with van der Waals surface area (Å²) in [4.78, 5) is 23.3. The summed E-state index contributed by atoms with van der Waals surface area (Å²) in [6, 6.07) is 11.5. The zero-order valence-corrected chi connectivity index (χ0v) is 14.3. The van der Waals surface area contributed by atoms with E-state index in [1.54, 1.807) is 30.3 Å². The Balaban J connectivity index is 1.69. The van der Waals surface area contributed by atoms with E-state index in [1.165, 1.54) is 12.1 Å². The van der Waals surface area contributed by atoms with Crippen LogP contribution in [0.5, 0.6) is 5.75 Å². The third-order valence-corrected chi connectivity index (χ3v) is 4.66. The standard InChI is InChI=1S/C19H16O9/c20-13-14(21)16(17(23)24)28-19(15(13)22)26-8-5-6-10-9-3-1-2-4-11(9)18(25)27-12(10)7-8/h1-7,13-16,19-22H,(H,23,24)/t13-,14-,15+,16-,19+/m0/s1. The highest BCUT2D eigenvalue weighted by atomic mass is 16.7. The molecule has 0 aliphatic carbocycles. The molecule has 28 heavy (non-hydrogen) atoms. The Labute approximate surface area is 157 Å². The van der Waals surface area contributed by atoms with Crippen molar-refractivity contribution in [2.75, 3.05) is 0 Å². The summed E-state index contributed by atoms with van der Waals surface area (Å²) in [5.74, 6) is -1.40. The minimum Gasteiger partial charge on any atom is -0.479 e. The number of benzene rings is 2. The van der Waals surface area contributed by atoms with Gasteiger partial charge in [-0.05, 0) is 23.6 Å². The number of rotatable bonds is 3. The molecule has 0 amide bonds. The molecule has 1 saturated heterocycles. The Bertz CT molecular complexity index is 1110. The van der Waals surface area contributed by atoms with E-state index in [0.717, 1.165) is 0 Å². The van der Waals surface area contributed by atoms with Gasteiger partial charge in [-0.3, -0.25) is 0 Å². The Morgan fingerprint density at radius 1 is 0.929 bits per heavy atom.